The third-order valence-corrected chi connectivity index (χ3v) is 3.33. The molecule has 0 aliphatic rings. The summed E-state index contributed by atoms with van der Waals surface area (Å²) in [6, 6.07) is 8.35. The highest BCUT2D eigenvalue weighted by Gasteiger charge is 2.10. The minimum atomic E-state index is -0.236. The standard InChI is InChI=1S/C16H15FN4/c1-10(12-3-5-13(17)6-4-12)19-16-14-7-8-18-9-15(14)20-11(2)21-16/h3-10H,1-2H3,(H,19,20,21)/t10-/m1/s1. The number of hydrogen-bond donors (Lipinski definition) is 1. The number of benzene rings is 1. The van der Waals surface area contributed by atoms with E-state index in [1.54, 1.807) is 24.5 Å². The van der Waals surface area contributed by atoms with Gasteiger partial charge in [-0.25, -0.2) is 14.4 Å². The van der Waals surface area contributed by atoms with Gasteiger partial charge in [0.25, 0.3) is 0 Å². The lowest BCUT2D eigenvalue weighted by molar-refractivity contribution is 0.626. The van der Waals surface area contributed by atoms with Crippen molar-refractivity contribution in [2.24, 2.45) is 0 Å². The SMILES string of the molecule is Cc1nc(N[C@H](C)c2ccc(F)cc2)c2ccncc2n1. The van der Waals surface area contributed by atoms with Crippen LogP contribution in [0.4, 0.5) is 10.2 Å². The quantitative estimate of drug-likeness (QED) is 0.796. The van der Waals surface area contributed by atoms with E-state index in [1.807, 2.05) is 19.9 Å². The number of halogens is 1. The second kappa shape index (κ2) is 5.44. The summed E-state index contributed by atoms with van der Waals surface area (Å²) in [6.07, 6.45) is 3.44. The van der Waals surface area contributed by atoms with Crippen LogP contribution in [0.5, 0.6) is 0 Å². The highest BCUT2D eigenvalue weighted by atomic mass is 19.1. The first-order chi connectivity index (χ1) is 10.1. The second-order valence-electron chi connectivity index (χ2n) is 4.93. The van der Waals surface area contributed by atoms with Crippen molar-refractivity contribution in [3.63, 3.8) is 0 Å². The monoisotopic (exact) mass is 282 g/mol. The van der Waals surface area contributed by atoms with Crippen LogP contribution in [0.25, 0.3) is 10.9 Å². The molecule has 1 aromatic carbocycles. The minimum Gasteiger partial charge on any atom is -0.363 e. The molecule has 3 rings (SSSR count). The molecule has 0 fully saturated rings. The number of anilines is 1. The molecule has 2 heterocycles. The van der Waals surface area contributed by atoms with E-state index >= 15 is 0 Å². The third-order valence-electron chi connectivity index (χ3n) is 3.33. The summed E-state index contributed by atoms with van der Waals surface area (Å²) in [5, 5.41) is 4.28. The first-order valence-corrected chi connectivity index (χ1v) is 6.74. The number of pyridine rings is 1. The average molecular weight is 282 g/mol. The molecule has 0 amide bonds. The molecule has 0 saturated heterocycles. The summed E-state index contributed by atoms with van der Waals surface area (Å²) in [7, 11) is 0. The molecule has 0 saturated carbocycles. The Morgan fingerprint density at radius 1 is 1.10 bits per heavy atom. The fourth-order valence-corrected chi connectivity index (χ4v) is 2.25. The van der Waals surface area contributed by atoms with Crippen LogP contribution in [0.1, 0.15) is 24.4 Å². The van der Waals surface area contributed by atoms with Crippen molar-refractivity contribution in [1.29, 1.82) is 0 Å². The molecule has 0 aliphatic carbocycles. The zero-order chi connectivity index (χ0) is 14.8. The summed E-state index contributed by atoms with van der Waals surface area (Å²) in [4.78, 5) is 12.9. The number of nitrogens with zero attached hydrogens (tertiary/aromatic N) is 3. The number of aromatic nitrogens is 3. The van der Waals surface area contributed by atoms with E-state index in [1.165, 1.54) is 12.1 Å². The Kier molecular flexibility index (Phi) is 3.48. The zero-order valence-corrected chi connectivity index (χ0v) is 11.8. The molecule has 2 aromatic heterocycles. The Morgan fingerprint density at radius 2 is 1.86 bits per heavy atom. The molecule has 4 nitrogen and oxygen atoms in total. The van der Waals surface area contributed by atoms with E-state index in [9.17, 15) is 4.39 Å². The van der Waals surface area contributed by atoms with Crippen LogP contribution in [-0.4, -0.2) is 15.0 Å². The molecule has 0 spiro atoms. The Bertz CT molecular complexity index is 771. The van der Waals surface area contributed by atoms with Crippen LogP contribution in [0.2, 0.25) is 0 Å². The van der Waals surface area contributed by atoms with E-state index in [0.29, 0.717) is 5.82 Å². The Hall–Kier alpha value is -2.56. The van der Waals surface area contributed by atoms with Gasteiger partial charge in [0.2, 0.25) is 0 Å². The first-order valence-electron chi connectivity index (χ1n) is 6.74. The van der Waals surface area contributed by atoms with Gasteiger partial charge in [-0.2, -0.15) is 0 Å². The molecule has 1 atom stereocenters. The van der Waals surface area contributed by atoms with Crippen LogP contribution in [-0.2, 0) is 0 Å². The van der Waals surface area contributed by atoms with Crippen LogP contribution in [0, 0.1) is 12.7 Å². The van der Waals surface area contributed by atoms with E-state index in [-0.39, 0.29) is 11.9 Å². The molecular weight excluding hydrogens is 267 g/mol. The van der Waals surface area contributed by atoms with Crippen molar-refractivity contribution in [3.05, 3.63) is 59.9 Å². The Morgan fingerprint density at radius 3 is 2.62 bits per heavy atom. The molecule has 0 radical (unpaired) electrons. The van der Waals surface area contributed by atoms with Gasteiger partial charge >= 0.3 is 0 Å². The highest BCUT2D eigenvalue weighted by Crippen LogP contribution is 2.24. The molecule has 0 bridgehead atoms. The third kappa shape index (κ3) is 2.81. The van der Waals surface area contributed by atoms with Crippen LogP contribution < -0.4 is 5.32 Å². The van der Waals surface area contributed by atoms with Gasteiger partial charge < -0.3 is 5.32 Å². The largest absolute Gasteiger partial charge is 0.363 e. The predicted octanol–water partition coefficient (Wildman–Crippen LogP) is 3.65. The van der Waals surface area contributed by atoms with Gasteiger partial charge in [0.1, 0.15) is 17.5 Å². The van der Waals surface area contributed by atoms with Gasteiger partial charge in [0.05, 0.1) is 11.7 Å². The number of aryl methyl sites for hydroxylation is 1. The summed E-state index contributed by atoms with van der Waals surface area (Å²) in [6.45, 7) is 3.86. The molecule has 5 heteroatoms. The van der Waals surface area contributed by atoms with Crippen molar-refractivity contribution >= 4 is 16.7 Å². The fourth-order valence-electron chi connectivity index (χ4n) is 2.25. The van der Waals surface area contributed by atoms with E-state index < -0.39 is 0 Å². The summed E-state index contributed by atoms with van der Waals surface area (Å²) >= 11 is 0. The van der Waals surface area contributed by atoms with Gasteiger partial charge in [-0.15, -0.1) is 0 Å². The average Bonchev–Trinajstić information content (AvgIpc) is 2.47. The minimum absolute atomic E-state index is 0.0104. The predicted molar refractivity (Wildman–Crippen MR) is 80.5 cm³/mol. The van der Waals surface area contributed by atoms with Gasteiger partial charge in [0, 0.05) is 17.6 Å². The first kappa shape index (κ1) is 13.4. The smallest absolute Gasteiger partial charge is 0.138 e. The molecule has 3 aromatic rings. The number of hydrogen-bond acceptors (Lipinski definition) is 4. The lowest BCUT2D eigenvalue weighted by Gasteiger charge is -2.16. The molecule has 106 valence electrons. The van der Waals surface area contributed by atoms with Gasteiger partial charge in [-0.1, -0.05) is 12.1 Å². The summed E-state index contributed by atoms with van der Waals surface area (Å²) in [5.74, 6) is 1.21. The van der Waals surface area contributed by atoms with Crippen molar-refractivity contribution in [1.82, 2.24) is 15.0 Å². The van der Waals surface area contributed by atoms with Crippen molar-refractivity contribution in [2.45, 2.75) is 19.9 Å². The van der Waals surface area contributed by atoms with Crippen molar-refractivity contribution in [2.75, 3.05) is 5.32 Å². The summed E-state index contributed by atoms with van der Waals surface area (Å²) in [5.41, 5.74) is 1.80. The van der Waals surface area contributed by atoms with Gasteiger partial charge in [0.15, 0.2) is 0 Å². The molecule has 1 N–H and O–H groups in total. The molecule has 21 heavy (non-hydrogen) atoms. The van der Waals surface area contributed by atoms with Gasteiger partial charge in [-0.3, -0.25) is 4.98 Å². The van der Waals surface area contributed by atoms with Crippen LogP contribution >= 0.6 is 0 Å². The maximum atomic E-state index is 13.0. The maximum Gasteiger partial charge on any atom is 0.138 e. The lowest BCUT2D eigenvalue weighted by atomic mass is 10.1. The lowest BCUT2D eigenvalue weighted by Crippen LogP contribution is -2.09. The normalized spacial score (nSPS) is 12.3. The maximum absolute atomic E-state index is 13.0. The molecular formula is C16H15FN4. The number of rotatable bonds is 3. The zero-order valence-electron chi connectivity index (χ0n) is 11.8. The topological polar surface area (TPSA) is 50.7 Å². The van der Waals surface area contributed by atoms with E-state index in [0.717, 1.165) is 22.3 Å². The van der Waals surface area contributed by atoms with E-state index in [2.05, 4.69) is 20.3 Å². The number of nitrogens with one attached hydrogen (secondary N) is 1. The van der Waals surface area contributed by atoms with Crippen LogP contribution in [0.15, 0.2) is 42.7 Å². The Labute approximate surface area is 122 Å². The molecule has 0 aliphatic heterocycles. The number of fused-ring (bicyclic) bond motifs is 1. The van der Waals surface area contributed by atoms with E-state index in [4.69, 9.17) is 0 Å². The summed E-state index contributed by atoms with van der Waals surface area (Å²) < 4.78 is 13.0. The van der Waals surface area contributed by atoms with Crippen molar-refractivity contribution in [3.8, 4) is 0 Å². The Balaban J connectivity index is 1.95. The van der Waals surface area contributed by atoms with Gasteiger partial charge in [-0.05, 0) is 37.6 Å². The highest BCUT2D eigenvalue weighted by molar-refractivity contribution is 5.88. The fraction of sp³-hybridized carbons (Fsp3) is 0.188. The molecule has 0 unspecified atom stereocenters. The van der Waals surface area contributed by atoms with Crippen molar-refractivity contribution < 1.29 is 4.39 Å². The van der Waals surface area contributed by atoms with Crippen LogP contribution in [0.3, 0.4) is 0 Å². The second-order valence-corrected chi connectivity index (χ2v) is 4.93.